The molecule has 0 saturated heterocycles. The Kier molecular flexibility index (Phi) is 4.11. The summed E-state index contributed by atoms with van der Waals surface area (Å²) in [5.74, 6) is 0.0782. The first-order chi connectivity index (χ1) is 8.75. The van der Waals surface area contributed by atoms with Crippen LogP contribution in [0.4, 0.5) is 0 Å². The third kappa shape index (κ3) is 2.59. The number of hydrogen-bond acceptors (Lipinski definition) is 3. The second-order valence-corrected chi connectivity index (χ2v) is 4.97. The average molecular weight is 338 g/mol. The van der Waals surface area contributed by atoms with Crippen molar-refractivity contribution in [2.24, 2.45) is 0 Å². The second-order valence-electron chi connectivity index (χ2n) is 4.07. The van der Waals surface area contributed by atoms with Crippen molar-refractivity contribution >= 4 is 22.0 Å². The number of thiazole rings is 1. The minimum atomic E-state index is 0. The van der Waals surface area contributed by atoms with Crippen LogP contribution < -0.4 is 21.5 Å². The number of nitrogens with zero attached hydrogens (tertiary/aromatic N) is 3. The number of benzene rings is 1. The molecule has 0 saturated carbocycles. The van der Waals surface area contributed by atoms with E-state index in [1.165, 1.54) is 0 Å². The lowest BCUT2D eigenvalue weighted by Crippen LogP contribution is -3.00. The first kappa shape index (κ1) is 13.9. The number of carbonyl (C=O) groups is 1. The van der Waals surface area contributed by atoms with Gasteiger partial charge in [0.25, 0.3) is 4.83 Å². The number of Topliss-reactive ketones (excluding diaryl/α,β-unsaturated/α-hetero) is 1. The van der Waals surface area contributed by atoms with E-state index in [9.17, 15) is 4.79 Å². The molecular weight excluding hydrogens is 326 g/mol. The molecule has 2 heterocycles. The Bertz CT molecular complexity index is 705. The summed E-state index contributed by atoms with van der Waals surface area (Å²) in [7, 11) is 0. The van der Waals surface area contributed by atoms with Gasteiger partial charge >= 0.3 is 0 Å². The predicted molar refractivity (Wildman–Crippen MR) is 68.8 cm³/mol. The van der Waals surface area contributed by atoms with Crippen LogP contribution in [0.1, 0.15) is 16.1 Å². The molecular formula is C13H12BrN3OS. The molecule has 0 fully saturated rings. The lowest BCUT2D eigenvalue weighted by atomic mass is 10.1. The molecule has 0 aliphatic rings. The van der Waals surface area contributed by atoms with E-state index >= 15 is 0 Å². The van der Waals surface area contributed by atoms with Crippen LogP contribution in [0.15, 0.2) is 41.9 Å². The summed E-state index contributed by atoms with van der Waals surface area (Å²) in [4.78, 5) is 13.2. The number of carbonyl (C=O) groups excluding carboxylic acids is 1. The highest BCUT2D eigenvalue weighted by molar-refractivity contribution is 7.15. The van der Waals surface area contributed by atoms with Crippen molar-refractivity contribution in [3.8, 4) is 0 Å². The molecule has 3 aromatic rings. The molecule has 0 atom stereocenters. The molecule has 4 nitrogen and oxygen atoms in total. The largest absolute Gasteiger partial charge is 1.00 e. The number of rotatable bonds is 3. The van der Waals surface area contributed by atoms with Gasteiger partial charge in [-0.25, -0.2) is 0 Å². The monoisotopic (exact) mass is 337 g/mol. The maximum atomic E-state index is 12.1. The fourth-order valence-electron chi connectivity index (χ4n) is 1.89. The van der Waals surface area contributed by atoms with E-state index in [1.807, 2.05) is 48.8 Å². The lowest BCUT2D eigenvalue weighted by Gasteiger charge is -1.97. The normalized spacial score (nSPS) is 10.4. The molecule has 0 spiro atoms. The van der Waals surface area contributed by atoms with Crippen molar-refractivity contribution in [2.45, 2.75) is 13.5 Å². The summed E-state index contributed by atoms with van der Waals surface area (Å²) in [6, 6.07) is 9.31. The topological polar surface area (TPSA) is 39.0 Å². The van der Waals surface area contributed by atoms with Crippen molar-refractivity contribution in [1.29, 1.82) is 0 Å². The van der Waals surface area contributed by atoms with E-state index < -0.39 is 0 Å². The minimum absolute atomic E-state index is 0. The molecule has 0 amide bonds. The van der Waals surface area contributed by atoms with Crippen LogP contribution in [-0.4, -0.2) is 15.7 Å². The summed E-state index contributed by atoms with van der Waals surface area (Å²) in [5, 5.41) is 6.35. The van der Waals surface area contributed by atoms with E-state index in [-0.39, 0.29) is 29.3 Å². The molecule has 0 aliphatic heterocycles. The van der Waals surface area contributed by atoms with Crippen LogP contribution in [0.2, 0.25) is 0 Å². The quantitative estimate of drug-likeness (QED) is 0.448. The molecule has 3 rings (SSSR count). The van der Waals surface area contributed by atoms with Crippen LogP contribution in [0.5, 0.6) is 0 Å². The fraction of sp³-hybridized carbons (Fsp3) is 0.154. The Balaban J connectivity index is 0.00000133. The Morgan fingerprint density at radius 3 is 2.79 bits per heavy atom. The molecule has 6 heteroatoms. The summed E-state index contributed by atoms with van der Waals surface area (Å²) >= 11 is 1.63. The smallest absolute Gasteiger partial charge is 0.253 e. The standard InChI is InChI=1S/C13H12N3OS.BrH/c1-10-13-15(7-8-18-13)14-16(10)9-12(17)11-5-3-2-4-6-11;/h2-8H,9H2,1H3;1H/q+1;/p-1. The zero-order valence-electron chi connectivity index (χ0n) is 10.3. The molecule has 0 radical (unpaired) electrons. The number of fused-ring (bicyclic) bond motifs is 1. The number of ketones is 1. The molecule has 0 aliphatic carbocycles. The van der Waals surface area contributed by atoms with Crippen molar-refractivity contribution in [3.63, 3.8) is 0 Å². The Morgan fingerprint density at radius 2 is 2.11 bits per heavy atom. The van der Waals surface area contributed by atoms with Crippen molar-refractivity contribution < 1.29 is 26.3 Å². The third-order valence-corrected chi connectivity index (χ3v) is 3.84. The van der Waals surface area contributed by atoms with E-state index in [1.54, 1.807) is 20.5 Å². The highest BCUT2D eigenvalue weighted by atomic mass is 79.9. The third-order valence-electron chi connectivity index (χ3n) is 2.88. The summed E-state index contributed by atoms with van der Waals surface area (Å²) in [5.41, 5.74) is 1.75. The second kappa shape index (κ2) is 5.63. The average Bonchev–Trinajstić information content (AvgIpc) is 2.95. The van der Waals surface area contributed by atoms with Crippen LogP contribution in [-0.2, 0) is 6.54 Å². The SMILES string of the molecule is Cc1c2scc[n+]2nn1CC(=O)c1ccccc1.[Br-]. The van der Waals surface area contributed by atoms with Crippen LogP contribution in [0.25, 0.3) is 4.83 Å². The first-order valence-corrected chi connectivity index (χ1v) is 6.54. The van der Waals surface area contributed by atoms with Gasteiger partial charge in [0.15, 0.2) is 12.2 Å². The van der Waals surface area contributed by atoms with Gasteiger partial charge in [0.2, 0.25) is 5.78 Å². The van der Waals surface area contributed by atoms with Crippen LogP contribution in [0, 0.1) is 6.92 Å². The molecule has 19 heavy (non-hydrogen) atoms. The van der Waals surface area contributed by atoms with Gasteiger partial charge in [-0.05, 0) is 0 Å². The van der Waals surface area contributed by atoms with Crippen molar-refractivity contribution in [2.75, 3.05) is 0 Å². The number of aryl methyl sites for hydroxylation is 1. The number of aromatic nitrogens is 3. The van der Waals surface area contributed by atoms with Crippen molar-refractivity contribution in [1.82, 2.24) is 9.90 Å². The Morgan fingerprint density at radius 1 is 1.37 bits per heavy atom. The molecule has 2 aromatic heterocycles. The first-order valence-electron chi connectivity index (χ1n) is 5.66. The van der Waals surface area contributed by atoms with Gasteiger partial charge in [0.1, 0.15) is 6.20 Å². The molecule has 98 valence electrons. The maximum Gasteiger partial charge on any atom is 0.253 e. The predicted octanol–water partition coefficient (Wildman–Crippen LogP) is -1.12. The van der Waals surface area contributed by atoms with Crippen molar-refractivity contribution in [3.05, 3.63) is 53.2 Å². The van der Waals surface area contributed by atoms with E-state index in [0.717, 1.165) is 16.1 Å². The molecule has 0 bridgehead atoms. The zero-order chi connectivity index (χ0) is 12.5. The van der Waals surface area contributed by atoms with Crippen LogP contribution in [0.3, 0.4) is 0 Å². The highest BCUT2D eigenvalue weighted by Gasteiger charge is 2.19. The van der Waals surface area contributed by atoms with Crippen LogP contribution >= 0.6 is 11.3 Å². The van der Waals surface area contributed by atoms with Gasteiger partial charge in [0.05, 0.1) is 5.21 Å². The van der Waals surface area contributed by atoms with Gasteiger partial charge in [-0.3, -0.25) is 4.79 Å². The zero-order valence-corrected chi connectivity index (χ0v) is 12.7. The maximum absolute atomic E-state index is 12.1. The summed E-state index contributed by atoms with van der Waals surface area (Å²) in [6.07, 6.45) is 1.90. The van der Waals surface area contributed by atoms with Gasteiger partial charge in [-0.15, -0.1) is 4.68 Å². The molecule has 0 unspecified atom stereocenters. The summed E-state index contributed by atoms with van der Waals surface area (Å²) in [6.45, 7) is 2.27. The van der Waals surface area contributed by atoms with Gasteiger partial charge in [-0.2, -0.15) is 0 Å². The number of hydrogen-bond donors (Lipinski definition) is 0. The molecule has 0 N–H and O–H groups in total. The molecule has 1 aromatic carbocycles. The van der Waals surface area contributed by atoms with E-state index in [0.29, 0.717) is 0 Å². The Hall–Kier alpha value is -1.53. The Labute approximate surface area is 125 Å². The van der Waals surface area contributed by atoms with Gasteiger partial charge in [0, 0.05) is 17.9 Å². The fourth-order valence-corrected chi connectivity index (χ4v) is 2.68. The summed E-state index contributed by atoms with van der Waals surface area (Å²) < 4.78 is 3.56. The highest BCUT2D eigenvalue weighted by Crippen LogP contribution is 2.11. The lowest BCUT2D eigenvalue weighted by molar-refractivity contribution is -0.580. The number of halogens is 1. The van der Waals surface area contributed by atoms with E-state index in [2.05, 4.69) is 5.21 Å². The minimum Gasteiger partial charge on any atom is -1.00 e. The van der Waals surface area contributed by atoms with Gasteiger partial charge in [-0.1, -0.05) is 46.2 Å². The van der Waals surface area contributed by atoms with E-state index in [4.69, 9.17) is 0 Å². The van der Waals surface area contributed by atoms with Gasteiger partial charge < -0.3 is 17.0 Å².